The summed E-state index contributed by atoms with van der Waals surface area (Å²) < 4.78 is 0. The quantitative estimate of drug-likeness (QED) is 0.614. The van der Waals surface area contributed by atoms with Gasteiger partial charge >= 0.3 is 0 Å². The molecule has 0 aliphatic rings. The van der Waals surface area contributed by atoms with Crippen molar-refractivity contribution in [3.63, 3.8) is 0 Å². The van der Waals surface area contributed by atoms with E-state index in [1.807, 2.05) is 30.7 Å². The number of amides is 1. The van der Waals surface area contributed by atoms with Crippen LogP contribution in [0.2, 0.25) is 0 Å². The molecule has 0 saturated carbocycles. The first kappa shape index (κ1) is 16.7. The Kier molecular flexibility index (Phi) is 4.49. The Balaban J connectivity index is 2.06. The molecule has 3 aromatic heterocycles. The van der Waals surface area contributed by atoms with E-state index in [0.717, 1.165) is 22.5 Å². The van der Waals surface area contributed by atoms with Gasteiger partial charge in [-0.15, -0.1) is 11.3 Å². The van der Waals surface area contributed by atoms with Crippen LogP contribution in [0.15, 0.2) is 47.4 Å². The lowest BCUT2D eigenvalue weighted by molar-refractivity contribution is 0.1000. The fourth-order valence-electron chi connectivity index (χ4n) is 2.43. The molecule has 0 radical (unpaired) electrons. The molecule has 0 unspecified atom stereocenters. The first-order valence-corrected chi connectivity index (χ1v) is 8.35. The van der Waals surface area contributed by atoms with E-state index in [-0.39, 0.29) is 11.1 Å². The highest BCUT2D eigenvalue weighted by Crippen LogP contribution is 2.31. The lowest BCUT2D eigenvalue weighted by atomic mass is 10.1. The molecule has 0 atom stereocenters. The van der Waals surface area contributed by atoms with Crippen molar-refractivity contribution in [2.45, 2.75) is 6.92 Å². The number of nitrogens with zero attached hydrogens (tertiary/aromatic N) is 1. The minimum Gasteiger partial charge on any atom is -0.366 e. The van der Waals surface area contributed by atoms with Crippen LogP contribution in [0.4, 0.5) is 0 Å². The fourth-order valence-corrected chi connectivity index (χ4v) is 3.27. The van der Waals surface area contributed by atoms with Crippen LogP contribution in [0.3, 0.4) is 0 Å². The number of carbonyl (C=O) groups excluding carboxylic acids is 1. The van der Waals surface area contributed by atoms with Crippen LogP contribution in [0.25, 0.3) is 27.9 Å². The summed E-state index contributed by atoms with van der Waals surface area (Å²) in [5, 5.41) is 2.40. The molecule has 0 aliphatic carbocycles. The van der Waals surface area contributed by atoms with Gasteiger partial charge in [0.2, 0.25) is 5.91 Å². The van der Waals surface area contributed by atoms with Crippen LogP contribution in [-0.2, 0) is 0 Å². The zero-order chi connectivity index (χ0) is 18.0. The number of H-pyrrole nitrogens is 2. The van der Waals surface area contributed by atoms with Gasteiger partial charge in [-0.1, -0.05) is 24.8 Å². The van der Waals surface area contributed by atoms with Crippen LogP contribution in [0, 0.1) is 6.92 Å². The number of thiazole rings is 1. The molecule has 0 aliphatic heterocycles. The van der Waals surface area contributed by atoms with Gasteiger partial charge in [0, 0.05) is 34.6 Å². The van der Waals surface area contributed by atoms with Crippen molar-refractivity contribution in [2.24, 2.45) is 5.73 Å². The Labute approximate surface area is 147 Å². The first-order chi connectivity index (χ1) is 12.0. The second kappa shape index (κ2) is 6.74. The monoisotopic (exact) mass is 352 g/mol. The number of hydrogen-bond acceptors (Lipinski definition) is 4. The predicted octanol–water partition coefficient (Wildman–Crippen LogP) is 3.10. The van der Waals surface area contributed by atoms with Crippen molar-refractivity contribution in [1.82, 2.24) is 15.0 Å². The lowest BCUT2D eigenvalue weighted by Gasteiger charge is -1.99. The zero-order valence-electron chi connectivity index (χ0n) is 13.5. The van der Waals surface area contributed by atoms with Crippen molar-refractivity contribution in [3.05, 3.63) is 69.7 Å². The number of hydrogen-bond donors (Lipinski definition) is 3. The van der Waals surface area contributed by atoms with Gasteiger partial charge in [0.15, 0.2) is 0 Å². The fraction of sp³-hybridized carbons (Fsp3) is 0.0556. The number of aromatic nitrogens is 3. The second-order valence-corrected chi connectivity index (χ2v) is 6.23. The average Bonchev–Trinajstić information content (AvgIpc) is 3.20. The molecule has 3 rings (SSSR count). The maximum absolute atomic E-state index is 12.1. The summed E-state index contributed by atoms with van der Waals surface area (Å²) in [7, 11) is 0. The number of aromatic amines is 2. The molecule has 0 aromatic carbocycles. The van der Waals surface area contributed by atoms with E-state index < -0.39 is 5.91 Å². The summed E-state index contributed by atoms with van der Waals surface area (Å²) in [6.45, 7) is 5.65. The maximum Gasteiger partial charge on any atom is 0.258 e. The van der Waals surface area contributed by atoms with Crippen LogP contribution in [0.1, 0.15) is 21.6 Å². The summed E-state index contributed by atoms with van der Waals surface area (Å²) >= 11 is 1.33. The summed E-state index contributed by atoms with van der Waals surface area (Å²) in [6, 6.07) is 1.46. The molecule has 6 nitrogen and oxygen atoms in total. The maximum atomic E-state index is 12.1. The molecule has 0 saturated heterocycles. The smallest absolute Gasteiger partial charge is 0.258 e. The van der Waals surface area contributed by atoms with Gasteiger partial charge < -0.3 is 15.7 Å². The topological polar surface area (TPSA) is 105 Å². The van der Waals surface area contributed by atoms with E-state index in [4.69, 9.17) is 5.73 Å². The molecular formula is C18H16N4O2S. The van der Waals surface area contributed by atoms with E-state index in [9.17, 15) is 9.59 Å². The molecular weight excluding hydrogens is 336 g/mol. The molecule has 0 fully saturated rings. The summed E-state index contributed by atoms with van der Waals surface area (Å²) in [5.41, 5.74) is 9.22. The molecule has 25 heavy (non-hydrogen) atoms. The molecule has 3 heterocycles. The van der Waals surface area contributed by atoms with E-state index in [1.54, 1.807) is 6.08 Å². The number of allylic oxidation sites excluding steroid dienone is 2. The number of carbonyl (C=O) groups is 1. The first-order valence-electron chi connectivity index (χ1n) is 7.47. The molecule has 126 valence electrons. The second-order valence-electron chi connectivity index (χ2n) is 5.37. The molecule has 7 heteroatoms. The Morgan fingerprint density at radius 2 is 2.12 bits per heavy atom. The normalized spacial score (nSPS) is 11.1. The number of aryl methyl sites for hydroxylation is 1. The van der Waals surface area contributed by atoms with E-state index in [2.05, 4.69) is 21.5 Å². The van der Waals surface area contributed by atoms with Crippen molar-refractivity contribution in [2.75, 3.05) is 0 Å². The Morgan fingerprint density at radius 3 is 2.84 bits per heavy atom. The van der Waals surface area contributed by atoms with E-state index in [0.29, 0.717) is 10.6 Å². The highest BCUT2D eigenvalue weighted by Gasteiger charge is 2.15. The van der Waals surface area contributed by atoms with Gasteiger partial charge in [-0.05, 0) is 13.0 Å². The van der Waals surface area contributed by atoms with Crippen LogP contribution < -0.4 is 11.3 Å². The minimum atomic E-state index is -0.604. The Morgan fingerprint density at radius 1 is 1.32 bits per heavy atom. The van der Waals surface area contributed by atoms with E-state index >= 15 is 0 Å². The summed E-state index contributed by atoms with van der Waals surface area (Å²) in [5.74, 6) is -0.604. The predicted molar refractivity (Wildman–Crippen MR) is 100 cm³/mol. The van der Waals surface area contributed by atoms with Crippen molar-refractivity contribution in [1.29, 1.82) is 0 Å². The van der Waals surface area contributed by atoms with Crippen molar-refractivity contribution >= 4 is 23.3 Å². The highest BCUT2D eigenvalue weighted by atomic mass is 32.1. The summed E-state index contributed by atoms with van der Waals surface area (Å²) in [4.78, 5) is 33.7. The number of rotatable bonds is 5. The van der Waals surface area contributed by atoms with Crippen molar-refractivity contribution in [3.8, 4) is 21.8 Å². The minimum absolute atomic E-state index is 0.235. The molecule has 1 amide bonds. The third kappa shape index (κ3) is 3.22. The molecule has 4 N–H and O–H groups in total. The van der Waals surface area contributed by atoms with Crippen LogP contribution >= 0.6 is 11.3 Å². The highest BCUT2D eigenvalue weighted by molar-refractivity contribution is 7.13. The molecule has 3 aromatic rings. The standard InChI is InChI=1S/C18H16N4O2S/c1-3-4-5-12-10(2)20-8-14(12)15-9-25-18(22-15)13-6-11(16(19)23)7-21-17(13)24/h3-9,20H,1H2,2H3,(H2,19,23)(H,21,24)/b5-4-. The van der Waals surface area contributed by atoms with Gasteiger partial charge in [0.25, 0.3) is 5.56 Å². The molecule has 0 spiro atoms. The van der Waals surface area contributed by atoms with Crippen molar-refractivity contribution < 1.29 is 4.79 Å². The van der Waals surface area contributed by atoms with Crippen LogP contribution in [-0.4, -0.2) is 20.9 Å². The third-order valence-corrected chi connectivity index (χ3v) is 4.60. The number of primary amides is 1. The lowest BCUT2D eigenvalue weighted by Crippen LogP contribution is -2.16. The van der Waals surface area contributed by atoms with Gasteiger partial charge in [0.05, 0.1) is 16.8 Å². The number of nitrogens with two attached hydrogens (primary N) is 1. The Bertz CT molecular complexity index is 1040. The van der Waals surface area contributed by atoms with Gasteiger partial charge in [-0.3, -0.25) is 9.59 Å². The van der Waals surface area contributed by atoms with Crippen LogP contribution in [0.5, 0.6) is 0 Å². The SMILES string of the molecule is C=C/C=C\c1c(-c2csc(-c3cc(C(N)=O)c[nH]c3=O)n2)c[nH]c1C. The average molecular weight is 352 g/mol. The van der Waals surface area contributed by atoms with E-state index in [1.165, 1.54) is 23.6 Å². The summed E-state index contributed by atoms with van der Waals surface area (Å²) in [6.07, 6.45) is 8.69. The van der Waals surface area contributed by atoms with Gasteiger partial charge in [-0.2, -0.15) is 0 Å². The van der Waals surface area contributed by atoms with Gasteiger partial charge in [-0.25, -0.2) is 4.98 Å². The third-order valence-electron chi connectivity index (χ3n) is 3.72. The Hall–Kier alpha value is -3.19. The largest absolute Gasteiger partial charge is 0.366 e. The number of nitrogens with one attached hydrogen (secondary N) is 2. The van der Waals surface area contributed by atoms with Gasteiger partial charge in [0.1, 0.15) is 5.01 Å². The molecule has 0 bridgehead atoms. The zero-order valence-corrected chi connectivity index (χ0v) is 14.3. The number of pyridine rings is 1.